The molecule has 0 unspecified atom stereocenters. The van der Waals surface area contributed by atoms with Gasteiger partial charge in [-0.1, -0.05) is 36.4 Å². The highest BCUT2D eigenvalue weighted by atomic mass is 16.7. The van der Waals surface area contributed by atoms with Crippen molar-refractivity contribution in [1.82, 2.24) is 9.55 Å². The number of rotatable bonds is 7. The van der Waals surface area contributed by atoms with E-state index in [4.69, 9.17) is 18.9 Å². The Labute approximate surface area is 210 Å². The lowest BCUT2D eigenvalue weighted by Gasteiger charge is -2.24. The largest absolute Gasteiger partial charge is 0.459 e. The van der Waals surface area contributed by atoms with Crippen molar-refractivity contribution >= 4 is 17.9 Å². The third-order valence-corrected chi connectivity index (χ3v) is 5.65. The zero-order chi connectivity index (χ0) is 26.5. The van der Waals surface area contributed by atoms with Crippen LogP contribution in [-0.4, -0.2) is 52.4 Å². The maximum absolute atomic E-state index is 12.9. The fraction of sp³-hybridized carbons (Fsp3) is 0.269. The number of nitrogens with zero attached hydrogens (tertiary/aromatic N) is 1. The fourth-order valence-corrected chi connectivity index (χ4v) is 3.88. The minimum absolute atomic E-state index is 0.196. The van der Waals surface area contributed by atoms with Gasteiger partial charge in [0.15, 0.2) is 18.4 Å². The van der Waals surface area contributed by atoms with Gasteiger partial charge in [0.2, 0.25) is 0 Å². The summed E-state index contributed by atoms with van der Waals surface area (Å²) in [5.41, 5.74) is -0.707. The summed E-state index contributed by atoms with van der Waals surface area (Å²) < 4.78 is 23.5. The molecule has 0 saturated carbocycles. The third-order valence-electron chi connectivity index (χ3n) is 5.65. The van der Waals surface area contributed by atoms with Gasteiger partial charge in [0.25, 0.3) is 5.56 Å². The standard InChI is InChI=1S/C26H24N2O9/c1-15-13-28(26(33)27-22(15)30)23-21(35-16(2)29)20(37-25(32)18-11-7-4-8-12-18)19(36-23)14-34-24(31)17-9-5-3-6-10-17/h3-13,19-21,23H,14H2,1-2H3,(H,27,30,33)/t19-,20-,21-,23-/m1/s1. The summed E-state index contributed by atoms with van der Waals surface area (Å²) in [7, 11) is 0. The van der Waals surface area contributed by atoms with Crippen molar-refractivity contribution in [3.05, 3.63) is 104 Å². The minimum atomic E-state index is -1.30. The second kappa shape index (κ2) is 11.0. The second-order valence-electron chi connectivity index (χ2n) is 8.32. The predicted octanol–water partition coefficient (Wildman–Crippen LogP) is 1.76. The summed E-state index contributed by atoms with van der Waals surface area (Å²) in [5, 5.41) is 0. The molecule has 192 valence electrons. The topological polar surface area (TPSA) is 143 Å². The SMILES string of the molecule is CC(=O)O[C@@H]1[C@H](OC(=O)c2ccccc2)[C@@H](COC(=O)c2ccccc2)O[C@H]1n1cc(C)c(=O)[nH]c1=O. The van der Waals surface area contributed by atoms with Crippen LogP contribution in [0.15, 0.2) is 76.4 Å². The molecule has 1 N–H and O–H groups in total. The molecule has 11 nitrogen and oxygen atoms in total. The summed E-state index contributed by atoms with van der Waals surface area (Å²) in [4.78, 5) is 64.1. The van der Waals surface area contributed by atoms with Gasteiger partial charge in [-0.2, -0.15) is 0 Å². The maximum atomic E-state index is 12.9. The number of hydrogen-bond donors (Lipinski definition) is 1. The van der Waals surface area contributed by atoms with Gasteiger partial charge in [-0.15, -0.1) is 0 Å². The molecule has 1 aliphatic rings. The van der Waals surface area contributed by atoms with E-state index in [1.807, 2.05) is 0 Å². The normalized spacial score (nSPS) is 20.7. The fourth-order valence-electron chi connectivity index (χ4n) is 3.88. The van der Waals surface area contributed by atoms with Crippen molar-refractivity contribution in [2.45, 2.75) is 38.4 Å². The molecular weight excluding hydrogens is 484 g/mol. The maximum Gasteiger partial charge on any atom is 0.338 e. The molecule has 0 bridgehead atoms. The Morgan fingerprint density at radius 1 is 0.892 bits per heavy atom. The van der Waals surface area contributed by atoms with Crippen molar-refractivity contribution in [3.8, 4) is 0 Å². The third kappa shape index (κ3) is 5.84. The number of nitrogens with one attached hydrogen (secondary N) is 1. The molecule has 0 radical (unpaired) electrons. The van der Waals surface area contributed by atoms with Crippen molar-refractivity contribution in [2.75, 3.05) is 6.61 Å². The van der Waals surface area contributed by atoms with Crippen LogP contribution in [-0.2, 0) is 23.7 Å². The summed E-state index contributed by atoms with van der Waals surface area (Å²) >= 11 is 0. The van der Waals surface area contributed by atoms with Gasteiger partial charge in [-0.05, 0) is 31.2 Å². The van der Waals surface area contributed by atoms with E-state index >= 15 is 0 Å². The number of esters is 3. The predicted molar refractivity (Wildman–Crippen MR) is 128 cm³/mol. The van der Waals surface area contributed by atoms with E-state index in [1.165, 1.54) is 25.3 Å². The molecule has 2 aromatic carbocycles. The van der Waals surface area contributed by atoms with Gasteiger partial charge < -0.3 is 18.9 Å². The molecule has 4 rings (SSSR count). The summed E-state index contributed by atoms with van der Waals surface area (Å²) in [6.45, 7) is 2.25. The van der Waals surface area contributed by atoms with Crippen LogP contribution in [0.5, 0.6) is 0 Å². The van der Waals surface area contributed by atoms with Crippen molar-refractivity contribution in [3.63, 3.8) is 0 Å². The van der Waals surface area contributed by atoms with Gasteiger partial charge in [0.05, 0.1) is 11.1 Å². The number of aromatic amines is 1. The molecule has 1 fully saturated rings. The number of carbonyl (C=O) groups excluding carboxylic acids is 3. The molecule has 2 heterocycles. The van der Waals surface area contributed by atoms with E-state index in [0.29, 0.717) is 5.56 Å². The Balaban J connectivity index is 1.68. The zero-order valence-corrected chi connectivity index (χ0v) is 20.0. The van der Waals surface area contributed by atoms with Crippen molar-refractivity contribution in [2.24, 2.45) is 0 Å². The van der Waals surface area contributed by atoms with Crippen LogP contribution in [0.4, 0.5) is 0 Å². The molecular formula is C26H24N2O9. The molecule has 37 heavy (non-hydrogen) atoms. The van der Waals surface area contributed by atoms with Crippen LogP contribution in [0.25, 0.3) is 0 Å². The number of H-pyrrole nitrogens is 1. The van der Waals surface area contributed by atoms with Crippen LogP contribution >= 0.6 is 0 Å². The Morgan fingerprint density at radius 3 is 2.08 bits per heavy atom. The van der Waals surface area contributed by atoms with E-state index in [-0.39, 0.29) is 17.7 Å². The van der Waals surface area contributed by atoms with E-state index in [0.717, 1.165) is 11.5 Å². The number of ether oxygens (including phenoxy) is 4. The molecule has 1 aliphatic heterocycles. The highest BCUT2D eigenvalue weighted by Crippen LogP contribution is 2.34. The molecule has 4 atom stereocenters. The van der Waals surface area contributed by atoms with Crippen molar-refractivity contribution < 1.29 is 33.3 Å². The van der Waals surface area contributed by atoms with Gasteiger partial charge in [-0.3, -0.25) is 19.1 Å². The van der Waals surface area contributed by atoms with Crippen molar-refractivity contribution in [1.29, 1.82) is 0 Å². The van der Waals surface area contributed by atoms with Crippen LogP contribution in [0.3, 0.4) is 0 Å². The van der Waals surface area contributed by atoms with Crippen LogP contribution in [0, 0.1) is 6.92 Å². The van der Waals surface area contributed by atoms with Crippen LogP contribution in [0.1, 0.15) is 39.4 Å². The number of aromatic nitrogens is 2. The molecule has 3 aromatic rings. The summed E-state index contributed by atoms with van der Waals surface area (Å²) in [6.07, 6.45) is -3.72. The first-order chi connectivity index (χ1) is 17.7. The molecule has 0 amide bonds. The number of hydrogen-bond acceptors (Lipinski definition) is 9. The number of carbonyl (C=O) groups is 3. The Morgan fingerprint density at radius 2 is 1.49 bits per heavy atom. The molecule has 0 spiro atoms. The summed E-state index contributed by atoms with van der Waals surface area (Å²) in [6, 6.07) is 16.3. The van der Waals surface area contributed by atoms with E-state index in [9.17, 15) is 24.0 Å². The Kier molecular flexibility index (Phi) is 7.63. The minimum Gasteiger partial charge on any atom is -0.459 e. The highest BCUT2D eigenvalue weighted by molar-refractivity contribution is 5.90. The van der Waals surface area contributed by atoms with Crippen LogP contribution in [0.2, 0.25) is 0 Å². The van der Waals surface area contributed by atoms with Gasteiger partial charge >= 0.3 is 23.6 Å². The first kappa shape index (κ1) is 25.6. The monoisotopic (exact) mass is 508 g/mol. The van der Waals surface area contributed by atoms with Gasteiger partial charge in [-0.25, -0.2) is 14.4 Å². The van der Waals surface area contributed by atoms with Crippen LogP contribution < -0.4 is 11.2 Å². The average molecular weight is 508 g/mol. The molecule has 1 aromatic heterocycles. The van der Waals surface area contributed by atoms with E-state index in [2.05, 4.69) is 4.98 Å². The zero-order valence-electron chi connectivity index (χ0n) is 20.0. The Hall–Kier alpha value is -4.51. The lowest BCUT2D eigenvalue weighted by atomic mass is 10.1. The lowest BCUT2D eigenvalue weighted by molar-refractivity contribution is -0.156. The summed E-state index contributed by atoms with van der Waals surface area (Å²) in [5.74, 6) is -2.12. The quantitative estimate of drug-likeness (QED) is 0.373. The molecule has 11 heteroatoms. The molecule has 0 aliphatic carbocycles. The lowest BCUT2D eigenvalue weighted by Crippen LogP contribution is -2.43. The first-order valence-electron chi connectivity index (χ1n) is 11.4. The second-order valence-corrected chi connectivity index (χ2v) is 8.32. The smallest absolute Gasteiger partial charge is 0.338 e. The van der Waals surface area contributed by atoms with Gasteiger partial charge in [0.1, 0.15) is 12.7 Å². The molecule has 1 saturated heterocycles. The highest BCUT2D eigenvalue weighted by Gasteiger charge is 2.51. The number of aryl methyl sites for hydroxylation is 1. The van der Waals surface area contributed by atoms with E-state index in [1.54, 1.807) is 48.5 Å². The van der Waals surface area contributed by atoms with E-state index < -0.39 is 53.7 Å². The van der Waals surface area contributed by atoms with Gasteiger partial charge in [0, 0.05) is 18.7 Å². The number of benzene rings is 2. The average Bonchev–Trinajstić information content (AvgIpc) is 3.21. The first-order valence-corrected chi connectivity index (χ1v) is 11.4. The Bertz CT molecular complexity index is 1400.